The highest BCUT2D eigenvalue weighted by molar-refractivity contribution is 6.32. The van der Waals surface area contributed by atoms with E-state index in [2.05, 4.69) is 6.92 Å². The fourth-order valence-corrected chi connectivity index (χ4v) is 2.79. The Kier molecular flexibility index (Phi) is 27.2. The molecule has 0 saturated carbocycles. The zero-order valence-corrected chi connectivity index (χ0v) is 23.2. The van der Waals surface area contributed by atoms with Crippen molar-refractivity contribution in [3.05, 3.63) is 0 Å². The van der Waals surface area contributed by atoms with Gasteiger partial charge in [-0.1, -0.05) is 26.2 Å². The molecule has 0 saturated heterocycles. The topological polar surface area (TPSA) is 162 Å². The van der Waals surface area contributed by atoms with Crippen LogP contribution < -0.4 is 0 Å². The molecular weight excluding hydrogens is 520 g/mol. The summed E-state index contributed by atoms with van der Waals surface area (Å²) >= 11 is 0. The van der Waals surface area contributed by atoms with Gasteiger partial charge in [-0.15, -0.1) is 0 Å². The van der Waals surface area contributed by atoms with Gasteiger partial charge < -0.3 is 43.0 Å². The van der Waals surface area contributed by atoms with Crippen LogP contribution in [0.5, 0.6) is 0 Å². The Morgan fingerprint density at radius 1 is 0.462 bits per heavy atom. The van der Waals surface area contributed by atoms with E-state index in [4.69, 9.17) is 43.0 Å². The normalized spacial score (nSPS) is 10.9. The van der Waals surface area contributed by atoms with E-state index in [1.165, 1.54) is 0 Å². The number of rotatable bonds is 30. The van der Waals surface area contributed by atoms with E-state index in [9.17, 15) is 19.2 Å². The number of unbranched alkanes of at least 4 members (excludes halogenated alkanes) is 3. The summed E-state index contributed by atoms with van der Waals surface area (Å²) < 4.78 is 42.0. The van der Waals surface area contributed by atoms with Gasteiger partial charge in [0.15, 0.2) is 0 Å². The minimum atomic E-state index is -1.56. The Hall–Kier alpha value is -2.16. The van der Waals surface area contributed by atoms with Gasteiger partial charge in [-0.2, -0.15) is 0 Å². The van der Waals surface area contributed by atoms with Gasteiger partial charge in [0, 0.05) is 12.8 Å². The lowest BCUT2D eigenvalue weighted by atomic mass is 10.2. The van der Waals surface area contributed by atoms with Gasteiger partial charge in [-0.3, -0.25) is 14.4 Å². The van der Waals surface area contributed by atoms with Crippen LogP contribution in [0, 0.1) is 0 Å². The zero-order valence-electron chi connectivity index (χ0n) is 23.2. The summed E-state index contributed by atoms with van der Waals surface area (Å²) in [4.78, 5) is 44.0. The third kappa shape index (κ3) is 28.7. The van der Waals surface area contributed by atoms with E-state index < -0.39 is 17.7 Å². The molecule has 0 rings (SSSR count). The second-order valence-corrected chi connectivity index (χ2v) is 8.15. The Bertz CT molecular complexity index is 627. The second kappa shape index (κ2) is 28.8. The van der Waals surface area contributed by atoms with Gasteiger partial charge in [0.05, 0.1) is 85.7 Å². The number of esters is 2. The average molecular weight is 567 g/mol. The molecule has 1 N–H and O–H groups in total. The lowest BCUT2D eigenvalue weighted by Crippen LogP contribution is -2.17. The van der Waals surface area contributed by atoms with E-state index in [0.717, 1.165) is 25.7 Å². The molecule has 228 valence electrons. The van der Waals surface area contributed by atoms with Crippen LogP contribution in [0.15, 0.2) is 0 Å². The molecule has 0 atom stereocenters. The van der Waals surface area contributed by atoms with Gasteiger partial charge in [-0.05, 0) is 6.42 Å². The minimum absolute atomic E-state index is 0.0139. The van der Waals surface area contributed by atoms with Crippen LogP contribution in [0.1, 0.15) is 51.9 Å². The standard InChI is InChI=1S/C26H46O13/c1-2-3-4-5-6-24(28)38-21-19-36-17-15-34-13-11-32-9-10-33-12-14-35-16-18-37-20-22-39-25(29)8-7-23(27)26(30)31/h2-22H2,1H3,(H,30,31). The Labute approximate surface area is 230 Å². The number of carboxylic acids is 1. The number of Topliss-reactive ketones (excluding diaryl/α,β-unsaturated/α-hetero) is 1. The average Bonchev–Trinajstić information content (AvgIpc) is 2.92. The van der Waals surface area contributed by atoms with Crippen molar-refractivity contribution in [1.29, 1.82) is 0 Å². The third-order valence-corrected chi connectivity index (χ3v) is 4.87. The highest BCUT2D eigenvalue weighted by Crippen LogP contribution is 2.03. The molecule has 0 aromatic heterocycles. The summed E-state index contributed by atoms with van der Waals surface area (Å²) in [6.07, 6.45) is 4.03. The largest absolute Gasteiger partial charge is 0.476 e. The molecule has 0 fully saturated rings. The van der Waals surface area contributed by atoms with Crippen molar-refractivity contribution < 1.29 is 62.2 Å². The molecular formula is C26H46O13. The van der Waals surface area contributed by atoms with Crippen molar-refractivity contribution in [3.63, 3.8) is 0 Å². The number of carboxylic acid groups (broad SMARTS) is 1. The Morgan fingerprint density at radius 2 is 0.821 bits per heavy atom. The summed E-state index contributed by atoms with van der Waals surface area (Å²) in [7, 11) is 0. The predicted octanol–water partition coefficient (Wildman–Crippen LogP) is 1.58. The lowest BCUT2D eigenvalue weighted by Gasteiger charge is -2.09. The molecule has 0 unspecified atom stereocenters. The van der Waals surface area contributed by atoms with E-state index >= 15 is 0 Å². The fourth-order valence-electron chi connectivity index (χ4n) is 2.79. The molecule has 0 bridgehead atoms. The highest BCUT2D eigenvalue weighted by atomic mass is 16.6. The monoisotopic (exact) mass is 566 g/mol. The van der Waals surface area contributed by atoms with Gasteiger partial charge in [0.1, 0.15) is 13.2 Å². The summed E-state index contributed by atoms with van der Waals surface area (Å²) in [5.74, 6) is -3.41. The first kappa shape index (κ1) is 36.8. The number of ketones is 1. The molecule has 0 amide bonds. The zero-order chi connectivity index (χ0) is 28.8. The molecule has 0 heterocycles. The second-order valence-electron chi connectivity index (χ2n) is 8.15. The molecule has 0 aliphatic carbocycles. The van der Waals surface area contributed by atoms with Crippen molar-refractivity contribution in [2.45, 2.75) is 51.9 Å². The summed E-state index contributed by atoms with van der Waals surface area (Å²) in [6.45, 7) is 7.05. The molecule has 39 heavy (non-hydrogen) atoms. The van der Waals surface area contributed by atoms with E-state index in [-0.39, 0.29) is 38.6 Å². The van der Waals surface area contributed by atoms with Crippen LogP contribution in [0.4, 0.5) is 0 Å². The predicted molar refractivity (Wildman–Crippen MR) is 137 cm³/mol. The lowest BCUT2D eigenvalue weighted by molar-refractivity contribution is -0.151. The first-order chi connectivity index (χ1) is 19.0. The molecule has 0 spiro atoms. The molecule has 0 aromatic rings. The summed E-state index contributed by atoms with van der Waals surface area (Å²) in [6, 6.07) is 0. The van der Waals surface area contributed by atoms with Crippen LogP contribution >= 0.6 is 0 Å². The summed E-state index contributed by atoms with van der Waals surface area (Å²) in [5.41, 5.74) is 0. The first-order valence-corrected chi connectivity index (χ1v) is 13.5. The maximum absolute atomic E-state index is 11.5. The third-order valence-electron chi connectivity index (χ3n) is 4.87. The SMILES string of the molecule is CCCCCCC(=O)OCCOCCOCCOCCOCCOCCOCCOC(=O)CCC(=O)C(=O)O. The molecule has 13 heteroatoms. The number of hydrogen-bond donors (Lipinski definition) is 1. The highest BCUT2D eigenvalue weighted by Gasteiger charge is 2.14. The van der Waals surface area contributed by atoms with E-state index in [0.29, 0.717) is 79.1 Å². The van der Waals surface area contributed by atoms with Crippen molar-refractivity contribution in [2.24, 2.45) is 0 Å². The summed E-state index contributed by atoms with van der Waals surface area (Å²) in [5, 5.41) is 8.42. The maximum Gasteiger partial charge on any atom is 0.372 e. The molecule has 0 aliphatic heterocycles. The minimum Gasteiger partial charge on any atom is -0.476 e. The molecule has 13 nitrogen and oxygen atoms in total. The smallest absolute Gasteiger partial charge is 0.372 e. The van der Waals surface area contributed by atoms with Crippen LogP contribution in [0.2, 0.25) is 0 Å². The first-order valence-electron chi connectivity index (χ1n) is 13.5. The van der Waals surface area contributed by atoms with Crippen molar-refractivity contribution in [2.75, 3.05) is 92.5 Å². The Morgan fingerprint density at radius 3 is 1.18 bits per heavy atom. The maximum atomic E-state index is 11.5. The number of aliphatic carboxylic acids is 1. The molecule has 0 aromatic carbocycles. The number of hydrogen-bond acceptors (Lipinski definition) is 12. The molecule has 0 radical (unpaired) electrons. The number of carbonyl (C=O) groups excluding carboxylic acids is 3. The number of ether oxygens (including phenoxy) is 8. The number of carbonyl (C=O) groups is 4. The Balaban J connectivity index is 3.19. The quantitative estimate of drug-likeness (QED) is 0.0758. The van der Waals surface area contributed by atoms with Gasteiger partial charge in [0.25, 0.3) is 0 Å². The van der Waals surface area contributed by atoms with Crippen molar-refractivity contribution >= 4 is 23.7 Å². The van der Waals surface area contributed by atoms with Crippen LogP contribution in [0.3, 0.4) is 0 Å². The van der Waals surface area contributed by atoms with Gasteiger partial charge in [0.2, 0.25) is 5.78 Å². The van der Waals surface area contributed by atoms with Gasteiger partial charge >= 0.3 is 17.9 Å². The van der Waals surface area contributed by atoms with Gasteiger partial charge in [-0.25, -0.2) is 4.79 Å². The van der Waals surface area contributed by atoms with E-state index in [1.54, 1.807) is 0 Å². The fraction of sp³-hybridized carbons (Fsp3) is 0.846. The van der Waals surface area contributed by atoms with Crippen molar-refractivity contribution in [3.8, 4) is 0 Å². The van der Waals surface area contributed by atoms with Crippen molar-refractivity contribution in [1.82, 2.24) is 0 Å². The van der Waals surface area contributed by atoms with Crippen LogP contribution in [-0.4, -0.2) is 121 Å². The van der Waals surface area contributed by atoms with Crippen LogP contribution in [0.25, 0.3) is 0 Å². The molecule has 0 aliphatic rings. The van der Waals surface area contributed by atoms with E-state index in [1.807, 2.05) is 0 Å². The van der Waals surface area contributed by atoms with Crippen LogP contribution in [-0.2, 0) is 57.1 Å².